The van der Waals surface area contributed by atoms with Gasteiger partial charge in [0.2, 0.25) is 0 Å². The zero-order valence-electron chi connectivity index (χ0n) is 5.55. The number of hydrogen-bond acceptors (Lipinski definition) is 2. The minimum absolute atomic E-state index is 0.00620. The lowest BCUT2D eigenvalue weighted by Crippen LogP contribution is -1.94. The van der Waals surface area contributed by atoms with Gasteiger partial charge in [0, 0.05) is 6.92 Å². The number of pyridine rings is 1. The summed E-state index contributed by atoms with van der Waals surface area (Å²) in [6, 6.07) is 5.20. The van der Waals surface area contributed by atoms with Gasteiger partial charge in [-0.25, -0.2) is 0 Å². The number of ketones is 1. The van der Waals surface area contributed by atoms with Gasteiger partial charge in [-0.2, -0.15) is 0 Å². The standard InChI is InChI=1S/C7H7NOS/c1-5(9)6-3-2-4-7(10)8-6/h2-4H,1H3,(H,8,10). The van der Waals surface area contributed by atoms with Crippen molar-refractivity contribution in [3.63, 3.8) is 0 Å². The molecule has 0 aliphatic carbocycles. The molecule has 0 aliphatic heterocycles. The molecule has 1 rings (SSSR count). The van der Waals surface area contributed by atoms with Crippen molar-refractivity contribution >= 4 is 18.0 Å². The minimum atomic E-state index is 0.00620. The van der Waals surface area contributed by atoms with Crippen LogP contribution in [-0.4, -0.2) is 10.8 Å². The van der Waals surface area contributed by atoms with Crippen molar-refractivity contribution in [3.8, 4) is 0 Å². The third kappa shape index (κ3) is 1.51. The van der Waals surface area contributed by atoms with Crippen LogP contribution in [0.3, 0.4) is 0 Å². The summed E-state index contributed by atoms with van der Waals surface area (Å²) in [5.41, 5.74) is 0.563. The van der Waals surface area contributed by atoms with Crippen LogP contribution in [0.25, 0.3) is 0 Å². The van der Waals surface area contributed by atoms with E-state index in [2.05, 4.69) is 4.98 Å². The molecule has 0 aliphatic rings. The molecule has 1 aromatic heterocycles. The van der Waals surface area contributed by atoms with Crippen LogP contribution in [0.5, 0.6) is 0 Å². The molecule has 0 radical (unpaired) electrons. The third-order valence-corrected chi connectivity index (χ3v) is 1.39. The van der Waals surface area contributed by atoms with Gasteiger partial charge in [0.15, 0.2) is 5.78 Å². The SMILES string of the molecule is CC(=O)c1cccc(=S)[nH]1. The number of H-pyrrole nitrogens is 1. The van der Waals surface area contributed by atoms with Gasteiger partial charge in [-0.05, 0) is 12.1 Å². The fraction of sp³-hybridized carbons (Fsp3) is 0.143. The molecule has 0 unspecified atom stereocenters. The molecule has 0 fully saturated rings. The van der Waals surface area contributed by atoms with Crippen LogP contribution in [0.2, 0.25) is 0 Å². The van der Waals surface area contributed by atoms with Crippen LogP contribution < -0.4 is 0 Å². The van der Waals surface area contributed by atoms with Gasteiger partial charge in [0.25, 0.3) is 0 Å². The van der Waals surface area contributed by atoms with Gasteiger partial charge < -0.3 is 4.98 Å². The second kappa shape index (κ2) is 2.75. The van der Waals surface area contributed by atoms with Crippen LogP contribution in [-0.2, 0) is 0 Å². The van der Waals surface area contributed by atoms with Crippen LogP contribution in [0.15, 0.2) is 18.2 Å². The third-order valence-electron chi connectivity index (χ3n) is 1.15. The number of carbonyl (C=O) groups is 1. The van der Waals surface area contributed by atoms with Crippen LogP contribution in [0, 0.1) is 4.64 Å². The van der Waals surface area contributed by atoms with Gasteiger partial charge in [-0.1, -0.05) is 18.3 Å². The summed E-state index contributed by atoms with van der Waals surface area (Å²) in [5, 5.41) is 0. The number of aromatic nitrogens is 1. The Kier molecular flexibility index (Phi) is 1.97. The second-order valence-electron chi connectivity index (χ2n) is 1.98. The molecule has 0 spiro atoms. The number of Topliss-reactive ketones (excluding diaryl/α,β-unsaturated/α-hetero) is 1. The Morgan fingerprint density at radius 3 is 2.70 bits per heavy atom. The molecule has 52 valence electrons. The molecule has 0 aromatic carbocycles. The fourth-order valence-corrected chi connectivity index (χ4v) is 0.842. The maximum Gasteiger partial charge on any atom is 0.175 e. The van der Waals surface area contributed by atoms with E-state index >= 15 is 0 Å². The number of aromatic amines is 1. The molecule has 1 aromatic rings. The maximum absolute atomic E-state index is 10.7. The van der Waals surface area contributed by atoms with Gasteiger partial charge in [-0.3, -0.25) is 4.79 Å². The lowest BCUT2D eigenvalue weighted by molar-refractivity contribution is 0.101. The first-order chi connectivity index (χ1) is 4.70. The van der Waals surface area contributed by atoms with Crippen molar-refractivity contribution in [2.24, 2.45) is 0 Å². The van der Waals surface area contributed by atoms with E-state index in [-0.39, 0.29) is 5.78 Å². The first-order valence-corrected chi connectivity index (χ1v) is 3.31. The monoisotopic (exact) mass is 153 g/mol. The zero-order valence-corrected chi connectivity index (χ0v) is 6.37. The number of rotatable bonds is 1. The molecule has 1 heterocycles. The Balaban J connectivity index is 3.20. The molecule has 2 nitrogen and oxygen atoms in total. The first kappa shape index (κ1) is 7.15. The highest BCUT2D eigenvalue weighted by molar-refractivity contribution is 7.71. The van der Waals surface area contributed by atoms with Crippen molar-refractivity contribution in [1.82, 2.24) is 4.98 Å². The summed E-state index contributed by atoms with van der Waals surface area (Å²) in [4.78, 5) is 13.5. The molecule has 1 N–H and O–H groups in total. The summed E-state index contributed by atoms with van der Waals surface area (Å²) in [6.45, 7) is 1.50. The van der Waals surface area contributed by atoms with E-state index in [1.54, 1.807) is 18.2 Å². The Labute approximate surface area is 63.9 Å². The quantitative estimate of drug-likeness (QED) is 0.494. The number of carbonyl (C=O) groups excluding carboxylic acids is 1. The van der Waals surface area contributed by atoms with E-state index in [9.17, 15) is 4.79 Å². The molecular formula is C7H7NOS. The van der Waals surface area contributed by atoms with Gasteiger partial charge in [0.1, 0.15) is 4.64 Å². The molecule has 10 heavy (non-hydrogen) atoms. The van der Waals surface area contributed by atoms with Crippen LogP contribution in [0.1, 0.15) is 17.4 Å². The molecule has 0 bridgehead atoms. The normalized spacial score (nSPS) is 9.30. The Hall–Kier alpha value is -0.960. The average Bonchev–Trinajstić information content (AvgIpc) is 1.88. The van der Waals surface area contributed by atoms with Crippen molar-refractivity contribution in [1.29, 1.82) is 0 Å². The van der Waals surface area contributed by atoms with Crippen molar-refractivity contribution < 1.29 is 4.79 Å². The zero-order chi connectivity index (χ0) is 7.56. The summed E-state index contributed by atoms with van der Waals surface area (Å²) < 4.78 is 0.590. The highest BCUT2D eigenvalue weighted by Crippen LogP contribution is 1.95. The van der Waals surface area contributed by atoms with Gasteiger partial charge >= 0.3 is 0 Å². The largest absolute Gasteiger partial charge is 0.344 e. The summed E-state index contributed by atoms with van der Waals surface area (Å²) >= 11 is 4.81. The lowest BCUT2D eigenvalue weighted by Gasteiger charge is -1.92. The maximum atomic E-state index is 10.7. The van der Waals surface area contributed by atoms with E-state index in [1.165, 1.54) is 6.92 Å². The summed E-state index contributed by atoms with van der Waals surface area (Å²) in [6.07, 6.45) is 0. The van der Waals surface area contributed by atoms with Crippen LogP contribution in [0.4, 0.5) is 0 Å². The Morgan fingerprint density at radius 2 is 2.30 bits per heavy atom. The molecule has 0 amide bonds. The lowest BCUT2D eigenvalue weighted by atomic mass is 10.3. The first-order valence-electron chi connectivity index (χ1n) is 2.90. The summed E-state index contributed by atoms with van der Waals surface area (Å²) in [5.74, 6) is 0.00620. The van der Waals surface area contributed by atoms with Gasteiger partial charge in [-0.15, -0.1) is 0 Å². The molecule has 0 saturated heterocycles. The predicted molar refractivity (Wildman–Crippen MR) is 41.6 cm³/mol. The number of hydrogen-bond donors (Lipinski definition) is 1. The second-order valence-corrected chi connectivity index (χ2v) is 2.42. The van der Waals surface area contributed by atoms with E-state index in [0.717, 1.165) is 0 Å². The Morgan fingerprint density at radius 1 is 1.60 bits per heavy atom. The number of nitrogens with one attached hydrogen (secondary N) is 1. The smallest absolute Gasteiger partial charge is 0.175 e. The summed E-state index contributed by atoms with van der Waals surface area (Å²) in [7, 11) is 0. The van der Waals surface area contributed by atoms with Crippen molar-refractivity contribution in [2.75, 3.05) is 0 Å². The minimum Gasteiger partial charge on any atom is -0.344 e. The fourth-order valence-electron chi connectivity index (χ4n) is 0.653. The predicted octanol–water partition coefficient (Wildman–Crippen LogP) is 1.95. The molecular weight excluding hydrogens is 146 g/mol. The average molecular weight is 153 g/mol. The molecule has 3 heteroatoms. The Bertz CT molecular complexity index is 302. The highest BCUT2D eigenvalue weighted by Gasteiger charge is 1.94. The highest BCUT2D eigenvalue weighted by atomic mass is 32.1. The van der Waals surface area contributed by atoms with Gasteiger partial charge in [0.05, 0.1) is 5.69 Å². The van der Waals surface area contributed by atoms with Crippen LogP contribution >= 0.6 is 12.2 Å². The van der Waals surface area contributed by atoms with E-state index < -0.39 is 0 Å². The van der Waals surface area contributed by atoms with E-state index in [1.807, 2.05) is 0 Å². The van der Waals surface area contributed by atoms with Crippen molar-refractivity contribution in [3.05, 3.63) is 28.5 Å². The van der Waals surface area contributed by atoms with Crippen molar-refractivity contribution in [2.45, 2.75) is 6.92 Å². The topological polar surface area (TPSA) is 32.9 Å². The molecule has 0 atom stereocenters. The van der Waals surface area contributed by atoms with E-state index in [4.69, 9.17) is 12.2 Å². The van der Waals surface area contributed by atoms with E-state index in [0.29, 0.717) is 10.3 Å². The molecule has 0 saturated carbocycles.